The first-order valence-corrected chi connectivity index (χ1v) is 9.58. The summed E-state index contributed by atoms with van der Waals surface area (Å²) in [4.78, 5) is 4.21. The Morgan fingerprint density at radius 2 is 1.81 bits per heavy atom. The lowest BCUT2D eigenvalue weighted by Gasteiger charge is -2.34. The van der Waals surface area contributed by atoms with E-state index in [1.807, 2.05) is 36.4 Å². The van der Waals surface area contributed by atoms with Crippen LogP contribution in [0.5, 0.6) is 11.6 Å². The molecule has 1 heterocycles. The van der Waals surface area contributed by atoms with Gasteiger partial charge in [0, 0.05) is 29.6 Å². The summed E-state index contributed by atoms with van der Waals surface area (Å²) in [6.07, 6.45) is 3.85. The zero-order chi connectivity index (χ0) is 18.9. The highest BCUT2D eigenvalue weighted by Crippen LogP contribution is 2.27. The highest BCUT2D eigenvalue weighted by Gasteiger charge is 2.31. The summed E-state index contributed by atoms with van der Waals surface area (Å²) in [6, 6.07) is 11.6. The molecule has 6 heteroatoms. The van der Waals surface area contributed by atoms with Gasteiger partial charge in [-0.05, 0) is 39.7 Å². The number of rotatable bonds is 8. The van der Waals surface area contributed by atoms with E-state index in [2.05, 4.69) is 32.8 Å². The van der Waals surface area contributed by atoms with Gasteiger partial charge in [0.1, 0.15) is 25.1 Å². The van der Waals surface area contributed by atoms with Gasteiger partial charge in [0.2, 0.25) is 5.88 Å². The van der Waals surface area contributed by atoms with Crippen molar-refractivity contribution in [3.05, 3.63) is 52.6 Å². The van der Waals surface area contributed by atoms with Crippen molar-refractivity contribution in [3.8, 4) is 23.5 Å². The normalized spacial score (nSPS) is 18.1. The Morgan fingerprint density at radius 1 is 1.04 bits per heavy atom. The molecule has 0 amide bonds. The molecule has 1 aromatic carbocycles. The monoisotopic (exact) mass is 431 g/mol. The summed E-state index contributed by atoms with van der Waals surface area (Å²) >= 11 is 3.36. The first-order valence-electron chi connectivity index (χ1n) is 8.79. The predicted molar refractivity (Wildman–Crippen MR) is 106 cm³/mol. The molecular formula is C21H22BrNO4. The van der Waals surface area contributed by atoms with Gasteiger partial charge >= 0.3 is 0 Å². The number of halogens is 1. The fraction of sp³-hybridized carbons (Fsp3) is 0.381. The second kappa shape index (κ2) is 10.3. The number of pyridine rings is 1. The van der Waals surface area contributed by atoms with E-state index >= 15 is 0 Å². The third-order valence-corrected chi connectivity index (χ3v) is 4.63. The van der Waals surface area contributed by atoms with Crippen LogP contribution in [0.1, 0.15) is 18.4 Å². The topological polar surface area (TPSA) is 49.8 Å². The van der Waals surface area contributed by atoms with Crippen LogP contribution in [0.4, 0.5) is 0 Å². The molecule has 0 saturated heterocycles. The number of aromatic nitrogens is 1. The van der Waals surface area contributed by atoms with Crippen LogP contribution in [-0.4, -0.2) is 37.5 Å². The Hall–Kier alpha value is -2.07. The van der Waals surface area contributed by atoms with Crippen LogP contribution in [0.3, 0.4) is 0 Å². The zero-order valence-electron chi connectivity index (χ0n) is 15.2. The van der Waals surface area contributed by atoms with Gasteiger partial charge in [0.05, 0.1) is 19.8 Å². The van der Waals surface area contributed by atoms with E-state index in [0.717, 1.165) is 28.6 Å². The Bertz CT molecular complexity index is 762. The molecule has 0 N–H and O–H groups in total. The first kappa shape index (κ1) is 19.7. The van der Waals surface area contributed by atoms with Gasteiger partial charge in [-0.3, -0.25) is 0 Å². The van der Waals surface area contributed by atoms with Crippen LogP contribution in [0.15, 0.2) is 47.1 Å². The Kier molecular flexibility index (Phi) is 7.52. The van der Waals surface area contributed by atoms with Crippen LogP contribution >= 0.6 is 15.9 Å². The number of methoxy groups -OCH3 is 1. The summed E-state index contributed by atoms with van der Waals surface area (Å²) < 4.78 is 23.1. The van der Waals surface area contributed by atoms with Crippen LogP contribution in [0.2, 0.25) is 0 Å². The van der Waals surface area contributed by atoms with Crippen molar-refractivity contribution in [2.45, 2.75) is 31.7 Å². The van der Waals surface area contributed by atoms with Crippen LogP contribution in [0, 0.1) is 11.8 Å². The van der Waals surface area contributed by atoms with Crippen molar-refractivity contribution in [1.82, 2.24) is 4.98 Å². The number of hydrogen-bond acceptors (Lipinski definition) is 5. The molecule has 142 valence electrons. The molecule has 5 nitrogen and oxygen atoms in total. The minimum atomic E-state index is 0.171. The largest absolute Gasteiger partial charge is 0.497 e. The lowest BCUT2D eigenvalue weighted by molar-refractivity contribution is -0.0508. The first-order chi connectivity index (χ1) is 13.2. The minimum Gasteiger partial charge on any atom is -0.497 e. The fourth-order valence-electron chi connectivity index (χ4n) is 2.56. The van der Waals surface area contributed by atoms with E-state index in [0.29, 0.717) is 25.7 Å². The molecule has 1 fully saturated rings. The predicted octanol–water partition coefficient (Wildman–Crippen LogP) is 4.00. The van der Waals surface area contributed by atoms with E-state index in [-0.39, 0.29) is 12.2 Å². The van der Waals surface area contributed by atoms with E-state index in [1.165, 1.54) is 0 Å². The molecule has 0 radical (unpaired) electrons. The molecule has 2 aromatic rings. The molecule has 1 aliphatic carbocycles. The molecule has 1 aromatic heterocycles. The van der Waals surface area contributed by atoms with Crippen molar-refractivity contribution in [3.63, 3.8) is 0 Å². The summed E-state index contributed by atoms with van der Waals surface area (Å²) in [6.45, 7) is 1.34. The number of hydrogen-bond donors (Lipinski definition) is 0. The standard InChI is InChI=1S/C21H22BrNO4/c1-24-18-7-4-16(5-8-18)15-25-10-2-3-11-26-19-12-20(13-19)27-21-9-6-17(22)14-23-21/h4-9,14,19-20H,10-13,15H2,1H3. The van der Waals surface area contributed by atoms with Gasteiger partial charge in [-0.2, -0.15) is 0 Å². The maximum Gasteiger partial charge on any atom is 0.213 e. The summed E-state index contributed by atoms with van der Waals surface area (Å²) in [7, 11) is 1.65. The molecular weight excluding hydrogens is 410 g/mol. The van der Waals surface area contributed by atoms with Gasteiger partial charge in [-0.15, -0.1) is 0 Å². The van der Waals surface area contributed by atoms with Crippen LogP contribution in [0.25, 0.3) is 0 Å². The Labute approximate surface area is 168 Å². The summed E-state index contributed by atoms with van der Waals surface area (Å²) in [5.74, 6) is 7.44. The van der Waals surface area contributed by atoms with Crippen LogP contribution < -0.4 is 9.47 Å². The van der Waals surface area contributed by atoms with Crippen molar-refractivity contribution in [1.29, 1.82) is 0 Å². The SMILES string of the molecule is COc1ccc(COCC#CCOC2CC(Oc3ccc(Br)cn3)C2)cc1. The van der Waals surface area contributed by atoms with E-state index in [4.69, 9.17) is 18.9 Å². The Morgan fingerprint density at radius 3 is 2.52 bits per heavy atom. The third-order valence-electron chi connectivity index (χ3n) is 4.16. The minimum absolute atomic E-state index is 0.171. The molecule has 0 spiro atoms. The lowest BCUT2D eigenvalue weighted by atomic mass is 9.92. The second-order valence-electron chi connectivity index (χ2n) is 6.15. The quantitative estimate of drug-likeness (QED) is 0.466. The van der Waals surface area contributed by atoms with Crippen molar-refractivity contribution in [2.24, 2.45) is 0 Å². The van der Waals surface area contributed by atoms with E-state index in [1.54, 1.807) is 13.3 Å². The van der Waals surface area contributed by atoms with Crippen LogP contribution in [-0.2, 0) is 16.1 Å². The van der Waals surface area contributed by atoms with Gasteiger partial charge in [-0.1, -0.05) is 24.0 Å². The van der Waals surface area contributed by atoms with E-state index in [9.17, 15) is 0 Å². The maximum atomic E-state index is 5.78. The molecule has 0 atom stereocenters. The molecule has 1 aliphatic rings. The van der Waals surface area contributed by atoms with Crippen molar-refractivity contribution < 1.29 is 18.9 Å². The Balaban J connectivity index is 1.23. The second-order valence-corrected chi connectivity index (χ2v) is 7.07. The lowest BCUT2D eigenvalue weighted by Crippen LogP contribution is -2.39. The highest BCUT2D eigenvalue weighted by atomic mass is 79.9. The average Bonchev–Trinajstić information content (AvgIpc) is 2.67. The number of ether oxygens (including phenoxy) is 4. The average molecular weight is 432 g/mol. The fourth-order valence-corrected chi connectivity index (χ4v) is 2.79. The molecule has 3 rings (SSSR count). The van der Waals surface area contributed by atoms with Gasteiger partial charge in [0.15, 0.2) is 0 Å². The van der Waals surface area contributed by atoms with Gasteiger partial charge < -0.3 is 18.9 Å². The number of benzene rings is 1. The van der Waals surface area contributed by atoms with Crippen molar-refractivity contribution >= 4 is 15.9 Å². The molecule has 0 unspecified atom stereocenters. The zero-order valence-corrected chi connectivity index (χ0v) is 16.8. The molecule has 27 heavy (non-hydrogen) atoms. The van der Waals surface area contributed by atoms with Gasteiger partial charge in [0.25, 0.3) is 0 Å². The van der Waals surface area contributed by atoms with Crippen molar-refractivity contribution in [2.75, 3.05) is 20.3 Å². The molecule has 0 bridgehead atoms. The molecule has 0 aliphatic heterocycles. The summed E-state index contributed by atoms with van der Waals surface area (Å²) in [5, 5.41) is 0. The molecule has 1 saturated carbocycles. The summed E-state index contributed by atoms with van der Waals surface area (Å²) in [5.41, 5.74) is 1.09. The third kappa shape index (κ3) is 6.55. The highest BCUT2D eigenvalue weighted by molar-refractivity contribution is 9.10. The maximum absolute atomic E-state index is 5.78. The smallest absolute Gasteiger partial charge is 0.213 e. The van der Waals surface area contributed by atoms with E-state index < -0.39 is 0 Å². The van der Waals surface area contributed by atoms with Gasteiger partial charge in [-0.25, -0.2) is 4.98 Å². The number of nitrogens with zero attached hydrogens (tertiary/aromatic N) is 1.